The monoisotopic (exact) mass is 597 g/mol. The van der Waals surface area contributed by atoms with Gasteiger partial charge in [0.25, 0.3) is 17.7 Å². The van der Waals surface area contributed by atoms with Gasteiger partial charge in [-0.05, 0) is 73.7 Å². The summed E-state index contributed by atoms with van der Waals surface area (Å²) in [6, 6.07) is 15.8. The number of sulfonamides is 1. The largest absolute Gasteiger partial charge is 0.449 e. The molecule has 2 aliphatic rings. The number of rotatable bonds is 7. The number of imide groups is 1. The van der Waals surface area contributed by atoms with E-state index in [4.69, 9.17) is 21.1 Å². The van der Waals surface area contributed by atoms with Crippen molar-refractivity contribution in [2.24, 2.45) is 0 Å². The molecule has 11 nitrogen and oxygen atoms in total. The summed E-state index contributed by atoms with van der Waals surface area (Å²) in [7, 11) is -3.69. The third-order valence-electron chi connectivity index (χ3n) is 6.59. The zero-order valence-corrected chi connectivity index (χ0v) is 23.3. The van der Waals surface area contributed by atoms with Crippen molar-refractivity contribution in [1.82, 2.24) is 4.31 Å². The summed E-state index contributed by atoms with van der Waals surface area (Å²) in [6.45, 7) is 2.55. The lowest BCUT2D eigenvalue weighted by Crippen LogP contribution is -2.40. The molecule has 0 saturated carbocycles. The number of anilines is 2. The van der Waals surface area contributed by atoms with E-state index in [1.807, 2.05) is 0 Å². The van der Waals surface area contributed by atoms with Gasteiger partial charge < -0.3 is 14.8 Å². The van der Waals surface area contributed by atoms with Crippen molar-refractivity contribution < 1.29 is 37.1 Å². The third-order valence-corrected chi connectivity index (χ3v) is 8.75. The summed E-state index contributed by atoms with van der Waals surface area (Å²) in [5, 5.41) is 3.03. The first kappa shape index (κ1) is 28.4. The number of esters is 1. The number of halogens is 1. The van der Waals surface area contributed by atoms with Gasteiger partial charge in [0.05, 0.1) is 40.5 Å². The first-order chi connectivity index (χ1) is 19.6. The van der Waals surface area contributed by atoms with Gasteiger partial charge in [-0.2, -0.15) is 4.31 Å². The lowest BCUT2D eigenvalue weighted by molar-refractivity contribution is -0.123. The highest BCUT2D eigenvalue weighted by atomic mass is 35.5. The fourth-order valence-corrected chi connectivity index (χ4v) is 5.90. The summed E-state index contributed by atoms with van der Waals surface area (Å²) in [6.07, 6.45) is -1.23. The molecule has 0 bridgehead atoms. The molecule has 13 heteroatoms. The normalized spacial score (nSPS) is 16.3. The molecule has 1 saturated heterocycles. The van der Waals surface area contributed by atoms with Gasteiger partial charge in [0.2, 0.25) is 10.0 Å². The molecule has 0 radical (unpaired) electrons. The Hall–Kier alpha value is -4.10. The molecule has 5 rings (SSSR count). The van der Waals surface area contributed by atoms with Crippen LogP contribution in [0.15, 0.2) is 71.6 Å². The van der Waals surface area contributed by atoms with Crippen molar-refractivity contribution in [3.63, 3.8) is 0 Å². The quantitative estimate of drug-likeness (QED) is 0.323. The van der Waals surface area contributed by atoms with Gasteiger partial charge in [-0.15, -0.1) is 0 Å². The van der Waals surface area contributed by atoms with Gasteiger partial charge in [0, 0.05) is 23.8 Å². The highest BCUT2D eigenvalue weighted by Crippen LogP contribution is 2.30. The Labute approximate surface area is 240 Å². The van der Waals surface area contributed by atoms with Crippen LogP contribution in [0, 0.1) is 0 Å². The summed E-state index contributed by atoms with van der Waals surface area (Å²) < 4.78 is 37.4. The number of morpholine rings is 1. The van der Waals surface area contributed by atoms with Crippen molar-refractivity contribution in [2.75, 3.05) is 36.5 Å². The minimum atomic E-state index is -3.69. The number of carbonyl (C=O) groups is 4. The number of fused-ring (bicyclic) bond motifs is 1. The molecule has 1 fully saturated rings. The standard InChI is InChI=1S/C28H24ClN3O8S/c1-17(25(33)30-20-5-9-22(10-6-20)41(37,38)31-12-14-39-15-13-31)40-28(36)18-2-11-23-24(16-18)27(35)32(26(23)34)21-7-3-19(29)4-8-21/h2-11,16-17H,12-15H2,1H3,(H,30,33)/t17-/m1/s1. The number of benzene rings is 3. The zero-order valence-electron chi connectivity index (χ0n) is 21.7. The van der Waals surface area contributed by atoms with Crippen LogP contribution in [-0.2, 0) is 24.3 Å². The van der Waals surface area contributed by atoms with Crippen LogP contribution in [0.2, 0.25) is 5.02 Å². The maximum absolute atomic E-state index is 13.0. The molecule has 2 heterocycles. The average molecular weight is 598 g/mol. The van der Waals surface area contributed by atoms with E-state index >= 15 is 0 Å². The topological polar surface area (TPSA) is 139 Å². The number of ether oxygens (including phenoxy) is 2. The Kier molecular flexibility index (Phi) is 7.91. The van der Waals surface area contributed by atoms with E-state index in [1.165, 1.54) is 65.8 Å². The zero-order chi connectivity index (χ0) is 29.3. The van der Waals surface area contributed by atoms with E-state index in [9.17, 15) is 27.6 Å². The van der Waals surface area contributed by atoms with E-state index in [-0.39, 0.29) is 34.7 Å². The Morgan fingerprint density at radius 1 is 0.927 bits per heavy atom. The van der Waals surface area contributed by atoms with Crippen LogP contribution in [0.1, 0.15) is 38.0 Å². The predicted octanol–water partition coefficient (Wildman–Crippen LogP) is 3.35. The van der Waals surface area contributed by atoms with Crippen LogP contribution in [0.4, 0.5) is 11.4 Å². The molecule has 0 unspecified atom stereocenters. The van der Waals surface area contributed by atoms with Gasteiger partial charge in [-0.1, -0.05) is 11.6 Å². The van der Waals surface area contributed by atoms with E-state index in [0.29, 0.717) is 29.6 Å². The number of amides is 3. The highest BCUT2D eigenvalue weighted by molar-refractivity contribution is 7.89. The van der Waals surface area contributed by atoms with Crippen LogP contribution < -0.4 is 10.2 Å². The van der Waals surface area contributed by atoms with Crippen molar-refractivity contribution in [1.29, 1.82) is 0 Å². The second kappa shape index (κ2) is 11.4. The molecule has 3 aromatic rings. The van der Waals surface area contributed by atoms with Crippen LogP contribution in [0.25, 0.3) is 0 Å². The highest BCUT2D eigenvalue weighted by Gasteiger charge is 2.37. The SMILES string of the molecule is C[C@@H](OC(=O)c1ccc2c(c1)C(=O)N(c1ccc(Cl)cc1)C2=O)C(=O)Nc1ccc(S(=O)(=O)N2CCOCC2)cc1. The maximum atomic E-state index is 13.0. The summed E-state index contributed by atoms with van der Waals surface area (Å²) in [5.41, 5.74) is 0.791. The Morgan fingerprint density at radius 2 is 1.56 bits per heavy atom. The number of nitrogens with one attached hydrogen (secondary N) is 1. The molecule has 1 atom stereocenters. The summed E-state index contributed by atoms with van der Waals surface area (Å²) in [5.74, 6) is -2.66. The Bertz CT molecular complexity index is 1640. The second-order valence-electron chi connectivity index (χ2n) is 9.26. The first-order valence-corrected chi connectivity index (χ1v) is 14.4. The molecule has 212 valence electrons. The summed E-state index contributed by atoms with van der Waals surface area (Å²) >= 11 is 5.90. The van der Waals surface area contributed by atoms with Crippen molar-refractivity contribution in [2.45, 2.75) is 17.9 Å². The molecule has 0 aliphatic carbocycles. The molecular formula is C28H24ClN3O8S. The number of carbonyl (C=O) groups excluding carboxylic acids is 4. The van der Waals surface area contributed by atoms with Gasteiger partial charge in [0.15, 0.2) is 6.10 Å². The van der Waals surface area contributed by atoms with E-state index in [0.717, 1.165) is 4.90 Å². The lowest BCUT2D eigenvalue weighted by atomic mass is 10.1. The molecule has 1 N–H and O–H groups in total. The van der Waals surface area contributed by atoms with Crippen molar-refractivity contribution in [3.05, 3.63) is 88.4 Å². The van der Waals surface area contributed by atoms with Crippen LogP contribution in [0.3, 0.4) is 0 Å². The number of nitrogens with zero attached hydrogens (tertiary/aromatic N) is 2. The average Bonchev–Trinajstić information content (AvgIpc) is 3.23. The maximum Gasteiger partial charge on any atom is 0.338 e. The minimum absolute atomic E-state index is 0.0137. The first-order valence-electron chi connectivity index (χ1n) is 12.5. The third kappa shape index (κ3) is 5.72. The second-order valence-corrected chi connectivity index (χ2v) is 11.6. The van der Waals surface area contributed by atoms with Crippen molar-refractivity contribution >= 4 is 56.7 Å². The molecule has 3 amide bonds. The predicted molar refractivity (Wildman–Crippen MR) is 149 cm³/mol. The molecule has 3 aromatic carbocycles. The van der Waals surface area contributed by atoms with Crippen LogP contribution >= 0.6 is 11.6 Å². The number of hydrogen-bond donors (Lipinski definition) is 1. The number of hydrogen-bond acceptors (Lipinski definition) is 8. The smallest absolute Gasteiger partial charge is 0.338 e. The van der Waals surface area contributed by atoms with E-state index in [1.54, 1.807) is 12.1 Å². The van der Waals surface area contributed by atoms with Crippen molar-refractivity contribution in [3.8, 4) is 0 Å². The fraction of sp³-hybridized carbons (Fsp3) is 0.214. The fourth-order valence-electron chi connectivity index (χ4n) is 4.36. The Morgan fingerprint density at radius 3 is 2.22 bits per heavy atom. The van der Waals surface area contributed by atoms with E-state index in [2.05, 4.69) is 5.32 Å². The van der Waals surface area contributed by atoms with E-state index < -0.39 is 39.8 Å². The van der Waals surface area contributed by atoms with Crippen LogP contribution in [0.5, 0.6) is 0 Å². The van der Waals surface area contributed by atoms with Gasteiger partial charge >= 0.3 is 5.97 Å². The molecule has 0 spiro atoms. The molecule has 41 heavy (non-hydrogen) atoms. The molecule has 2 aliphatic heterocycles. The minimum Gasteiger partial charge on any atom is -0.449 e. The van der Waals surface area contributed by atoms with Gasteiger partial charge in [0.1, 0.15) is 0 Å². The molecular weight excluding hydrogens is 574 g/mol. The van der Waals surface area contributed by atoms with Crippen LogP contribution in [-0.4, -0.2) is 68.8 Å². The Balaban J connectivity index is 1.22. The van der Waals surface area contributed by atoms with Gasteiger partial charge in [-0.3, -0.25) is 14.4 Å². The molecule has 0 aromatic heterocycles. The lowest BCUT2D eigenvalue weighted by Gasteiger charge is -2.26. The summed E-state index contributed by atoms with van der Waals surface area (Å²) in [4.78, 5) is 52.3. The van der Waals surface area contributed by atoms with Gasteiger partial charge in [-0.25, -0.2) is 18.1 Å².